The molecule has 0 aromatic heterocycles. The van der Waals surface area contributed by atoms with Gasteiger partial charge >= 0.3 is 0 Å². The first kappa shape index (κ1) is 20.8. The van der Waals surface area contributed by atoms with Crippen LogP contribution in [0.25, 0.3) is 0 Å². The highest BCUT2D eigenvalue weighted by Gasteiger charge is 2.20. The maximum absolute atomic E-state index is 12.6. The van der Waals surface area contributed by atoms with E-state index in [2.05, 4.69) is 5.32 Å². The van der Waals surface area contributed by atoms with Crippen LogP contribution in [0.5, 0.6) is 5.75 Å². The molecule has 0 saturated carbocycles. The number of carbonyl (C=O) groups is 1. The Balaban J connectivity index is 2.10. The summed E-state index contributed by atoms with van der Waals surface area (Å²) < 4.78 is 30.2. The maximum atomic E-state index is 12.6. The molecule has 1 N–H and O–H groups in total. The zero-order chi connectivity index (χ0) is 20.2. The zero-order valence-corrected chi connectivity index (χ0v) is 17.1. The number of nitrogens with one attached hydrogen (secondary N) is 1. The summed E-state index contributed by atoms with van der Waals surface area (Å²) in [6.07, 6.45) is 0.993. The van der Waals surface area contributed by atoms with Gasteiger partial charge in [-0.1, -0.05) is 19.1 Å². The minimum Gasteiger partial charge on any atom is -0.481 e. The number of amides is 1. The Morgan fingerprint density at radius 2 is 1.78 bits per heavy atom. The van der Waals surface area contributed by atoms with Crippen molar-refractivity contribution in [2.45, 2.75) is 33.3 Å². The minimum absolute atomic E-state index is 0.219. The van der Waals surface area contributed by atoms with Gasteiger partial charge in [0.2, 0.25) is 10.0 Å². The van der Waals surface area contributed by atoms with Gasteiger partial charge in [0, 0.05) is 12.7 Å². The molecule has 7 heteroatoms. The molecule has 0 spiro atoms. The normalized spacial score (nSPS) is 12.3. The van der Waals surface area contributed by atoms with Crippen LogP contribution in [0.3, 0.4) is 0 Å². The molecular formula is C20H26N2O4S. The Labute approximate surface area is 161 Å². The Hall–Kier alpha value is -2.54. The van der Waals surface area contributed by atoms with Crippen LogP contribution in [-0.4, -0.2) is 33.7 Å². The van der Waals surface area contributed by atoms with Crippen molar-refractivity contribution in [3.05, 3.63) is 53.6 Å². The van der Waals surface area contributed by atoms with Gasteiger partial charge in [-0.05, 0) is 61.7 Å². The second-order valence-corrected chi connectivity index (χ2v) is 8.56. The van der Waals surface area contributed by atoms with E-state index in [1.54, 1.807) is 24.3 Å². The van der Waals surface area contributed by atoms with Crippen LogP contribution >= 0.6 is 0 Å². The Morgan fingerprint density at radius 1 is 1.15 bits per heavy atom. The Morgan fingerprint density at radius 3 is 2.33 bits per heavy atom. The highest BCUT2D eigenvalue weighted by Crippen LogP contribution is 2.22. The summed E-state index contributed by atoms with van der Waals surface area (Å²) in [5.41, 5.74) is 3.34. The molecule has 0 aliphatic carbocycles. The van der Waals surface area contributed by atoms with E-state index in [0.717, 1.165) is 23.1 Å². The molecule has 0 saturated heterocycles. The topological polar surface area (TPSA) is 75.7 Å². The fourth-order valence-corrected chi connectivity index (χ4v) is 3.00. The first-order chi connectivity index (χ1) is 12.6. The summed E-state index contributed by atoms with van der Waals surface area (Å²) in [6.45, 7) is 5.78. The van der Waals surface area contributed by atoms with Gasteiger partial charge in [-0.2, -0.15) is 0 Å². The lowest BCUT2D eigenvalue weighted by Gasteiger charge is -2.20. The van der Waals surface area contributed by atoms with Gasteiger partial charge in [-0.15, -0.1) is 0 Å². The van der Waals surface area contributed by atoms with Gasteiger partial charge in [-0.25, -0.2) is 8.42 Å². The minimum atomic E-state index is -3.32. The first-order valence-corrected chi connectivity index (χ1v) is 10.6. The lowest BCUT2D eigenvalue weighted by atomic mass is 10.1. The van der Waals surface area contributed by atoms with Crippen LogP contribution < -0.4 is 14.4 Å². The van der Waals surface area contributed by atoms with Gasteiger partial charge in [0.25, 0.3) is 5.91 Å². The second-order valence-electron chi connectivity index (χ2n) is 6.55. The molecule has 0 heterocycles. The van der Waals surface area contributed by atoms with Crippen LogP contribution in [0.2, 0.25) is 0 Å². The van der Waals surface area contributed by atoms with E-state index in [4.69, 9.17) is 4.74 Å². The Kier molecular flexibility index (Phi) is 6.49. The van der Waals surface area contributed by atoms with E-state index < -0.39 is 16.1 Å². The molecule has 27 heavy (non-hydrogen) atoms. The average molecular weight is 391 g/mol. The fourth-order valence-electron chi connectivity index (χ4n) is 2.50. The smallest absolute Gasteiger partial charge is 0.265 e. The molecule has 6 nitrogen and oxygen atoms in total. The summed E-state index contributed by atoms with van der Waals surface area (Å²) in [7, 11) is -1.84. The van der Waals surface area contributed by atoms with E-state index in [1.807, 2.05) is 39.0 Å². The summed E-state index contributed by atoms with van der Waals surface area (Å²) in [5.74, 6) is 0.284. The number of benzene rings is 2. The lowest BCUT2D eigenvalue weighted by Crippen LogP contribution is -2.32. The zero-order valence-electron chi connectivity index (χ0n) is 16.3. The average Bonchev–Trinajstić information content (AvgIpc) is 2.61. The van der Waals surface area contributed by atoms with E-state index in [1.165, 1.54) is 11.4 Å². The molecule has 1 amide bonds. The molecule has 1 atom stereocenters. The van der Waals surface area contributed by atoms with Crippen molar-refractivity contribution < 1.29 is 17.9 Å². The van der Waals surface area contributed by atoms with E-state index in [-0.39, 0.29) is 5.91 Å². The van der Waals surface area contributed by atoms with Crippen molar-refractivity contribution in [1.82, 2.24) is 0 Å². The second kappa shape index (κ2) is 8.43. The van der Waals surface area contributed by atoms with Crippen LogP contribution in [0, 0.1) is 13.8 Å². The number of hydrogen-bond acceptors (Lipinski definition) is 4. The first-order valence-electron chi connectivity index (χ1n) is 8.70. The van der Waals surface area contributed by atoms with Crippen LogP contribution in [-0.2, 0) is 14.8 Å². The SMILES string of the molecule is CC[C@H](Oc1ccc(N(C)S(C)(=O)=O)cc1)C(=O)Nc1cc(C)ccc1C. The van der Waals surface area contributed by atoms with Crippen molar-refractivity contribution >= 4 is 27.3 Å². The number of anilines is 2. The maximum Gasteiger partial charge on any atom is 0.265 e. The molecule has 2 aromatic carbocycles. The quantitative estimate of drug-likeness (QED) is 0.785. The van der Waals surface area contributed by atoms with Gasteiger partial charge in [0.05, 0.1) is 11.9 Å². The summed E-state index contributed by atoms with van der Waals surface area (Å²) >= 11 is 0. The molecule has 0 radical (unpaired) electrons. The largest absolute Gasteiger partial charge is 0.481 e. The third-order valence-electron chi connectivity index (χ3n) is 4.29. The van der Waals surface area contributed by atoms with E-state index >= 15 is 0 Å². The number of sulfonamides is 1. The van der Waals surface area contributed by atoms with Crippen LogP contribution in [0.1, 0.15) is 24.5 Å². The molecule has 0 bridgehead atoms. The molecule has 0 fully saturated rings. The van der Waals surface area contributed by atoms with Crippen molar-refractivity contribution in [1.29, 1.82) is 0 Å². The molecule has 2 rings (SSSR count). The number of aryl methyl sites for hydroxylation is 2. The van der Waals surface area contributed by atoms with Gasteiger partial charge in [-0.3, -0.25) is 9.10 Å². The molecule has 0 unspecified atom stereocenters. The lowest BCUT2D eigenvalue weighted by molar-refractivity contribution is -0.122. The number of nitrogens with zero attached hydrogens (tertiary/aromatic N) is 1. The molecule has 146 valence electrons. The molecule has 0 aliphatic heterocycles. The third kappa shape index (κ3) is 5.47. The number of hydrogen-bond donors (Lipinski definition) is 1. The number of carbonyl (C=O) groups excluding carboxylic acids is 1. The summed E-state index contributed by atoms with van der Waals surface area (Å²) in [6, 6.07) is 12.5. The van der Waals surface area contributed by atoms with Crippen molar-refractivity contribution in [3.63, 3.8) is 0 Å². The third-order valence-corrected chi connectivity index (χ3v) is 5.50. The molecular weight excluding hydrogens is 364 g/mol. The highest BCUT2D eigenvalue weighted by atomic mass is 32.2. The number of rotatable bonds is 7. The van der Waals surface area contributed by atoms with Gasteiger partial charge < -0.3 is 10.1 Å². The predicted octanol–water partition coefficient (Wildman–Crippen LogP) is 3.50. The molecule has 0 aliphatic rings. The van der Waals surface area contributed by atoms with Crippen molar-refractivity contribution in [2.24, 2.45) is 0 Å². The van der Waals surface area contributed by atoms with Crippen molar-refractivity contribution in [2.75, 3.05) is 22.9 Å². The van der Waals surface area contributed by atoms with Gasteiger partial charge in [0.15, 0.2) is 6.10 Å². The highest BCUT2D eigenvalue weighted by molar-refractivity contribution is 7.92. The van der Waals surface area contributed by atoms with Gasteiger partial charge in [0.1, 0.15) is 5.75 Å². The van der Waals surface area contributed by atoms with Crippen LogP contribution in [0.4, 0.5) is 11.4 Å². The standard InChI is InChI=1S/C20H26N2O4S/c1-6-19(20(23)21-18-13-14(2)7-8-15(18)3)26-17-11-9-16(10-12-17)22(4)27(5,24)25/h7-13,19H,6H2,1-5H3,(H,21,23)/t19-/m0/s1. The predicted molar refractivity (Wildman–Crippen MR) is 109 cm³/mol. The molecule has 2 aromatic rings. The summed E-state index contributed by atoms with van der Waals surface area (Å²) in [5, 5.41) is 2.92. The Bertz CT molecular complexity index is 908. The number of ether oxygens (including phenoxy) is 1. The van der Waals surface area contributed by atoms with E-state index in [9.17, 15) is 13.2 Å². The fraction of sp³-hybridized carbons (Fsp3) is 0.350. The van der Waals surface area contributed by atoms with E-state index in [0.29, 0.717) is 17.9 Å². The summed E-state index contributed by atoms with van der Waals surface area (Å²) in [4.78, 5) is 12.6. The van der Waals surface area contributed by atoms with Crippen molar-refractivity contribution in [3.8, 4) is 5.75 Å². The van der Waals surface area contributed by atoms with Crippen LogP contribution in [0.15, 0.2) is 42.5 Å². The monoisotopic (exact) mass is 390 g/mol.